The zero-order chi connectivity index (χ0) is 15.9. The van der Waals surface area contributed by atoms with E-state index in [4.69, 9.17) is 10.5 Å². The molecule has 0 spiro atoms. The van der Waals surface area contributed by atoms with Crippen LogP contribution in [0.3, 0.4) is 0 Å². The van der Waals surface area contributed by atoms with Crippen LogP contribution in [0.5, 0.6) is 5.75 Å². The van der Waals surface area contributed by atoms with Crippen LogP contribution in [0.15, 0.2) is 42.5 Å². The quantitative estimate of drug-likeness (QED) is 0.838. The highest BCUT2D eigenvalue weighted by molar-refractivity contribution is 5.31. The summed E-state index contributed by atoms with van der Waals surface area (Å²) < 4.78 is 32.9. The lowest BCUT2D eigenvalue weighted by molar-refractivity contribution is 0.317. The third kappa shape index (κ3) is 4.28. The van der Waals surface area contributed by atoms with E-state index in [1.807, 2.05) is 31.2 Å². The second-order valence-corrected chi connectivity index (χ2v) is 5.30. The Bertz CT molecular complexity index is 616. The summed E-state index contributed by atoms with van der Waals surface area (Å²) in [5.74, 6) is -0.350. The molecule has 0 saturated carbocycles. The summed E-state index contributed by atoms with van der Waals surface area (Å²) in [7, 11) is 0. The van der Waals surface area contributed by atoms with Gasteiger partial charge in [0.1, 0.15) is 17.4 Å². The highest BCUT2D eigenvalue weighted by atomic mass is 19.1. The first-order chi connectivity index (χ1) is 10.6. The predicted octanol–water partition coefficient (Wildman–Crippen LogP) is 4.04. The molecule has 2 aromatic rings. The van der Waals surface area contributed by atoms with Gasteiger partial charge in [-0.2, -0.15) is 0 Å². The summed E-state index contributed by atoms with van der Waals surface area (Å²) in [5, 5.41) is 0. The van der Waals surface area contributed by atoms with Crippen LogP contribution >= 0.6 is 0 Å². The van der Waals surface area contributed by atoms with E-state index in [1.54, 1.807) is 0 Å². The fourth-order valence-electron chi connectivity index (χ4n) is 2.41. The van der Waals surface area contributed by atoms with Gasteiger partial charge in [-0.05, 0) is 60.8 Å². The normalized spacial score (nSPS) is 12.2. The fraction of sp³-hybridized carbons (Fsp3) is 0.333. The number of rotatable bonds is 7. The molecule has 0 amide bonds. The third-order valence-corrected chi connectivity index (χ3v) is 3.54. The molecule has 0 bridgehead atoms. The maximum Gasteiger partial charge on any atom is 0.126 e. The summed E-state index contributed by atoms with van der Waals surface area (Å²) in [6.45, 7) is 2.95. The van der Waals surface area contributed by atoms with Crippen molar-refractivity contribution in [3.8, 4) is 5.75 Å². The number of hydrogen-bond donors (Lipinski definition) is 1. The van der Waals surface area contributed by atoms with Gasteiger partial charge >= 0.3 is 0 Å². The molecule has 0 saturated heterocycles. The van der Waals surface area contributed by atoms with Crippen LogP contribution in [0, 0.1) is 11.6 Å². The van der Waals surface area contributed by atoms with Gasteiger partial charge in [-0.3, -0.25) is 0 Å². The maximum atomic E-state index is 13.9. The molecule has 2 aromatic carbocycles. The first-order valence-electron chi connectivity index (χ1n) is 7.50. The average molecular weight is 305 g/mol. The van der Waals surface area contributed by atoms with E-state index in [9.17, 15) is 8.78 Å². The predicted molar refractivity (Wildman–Crippen MR) is 84.1 cm³/mol. The van der Waals surface area contributed by atoms with Crippen molar-refractivity contribution in [2.45, 2.75) is 25.7 Å². The van der Waals surface area contributed by atoms with Crippen LogP contribution in [0.2, 0.25) is 0 Å². The third-order valence-electron chi connectivity index (χ3n) is 3.54. The van der Waals surface area contributed by atoms with Crippen LogP contribution in [0.1, 0.15) is 30.4 Å². The Labute approximate surface area is 129 Å². The van der Waals surface area contributed by atoms with Gasteiger partial charge in [0.05, 0.1) is 6.61 Å². The first-order valence-corrected chi connectivity index (χ1v) is 7.50. The first kappa shape index (κ1) is 16.4. The molecule has 2 N–H and O–H groups in total. The second-order valence-electron chi connectivity index (χ2n) is 5.30. The van der Waals surface area contributed by atoms with Crippen molar-refractivity contribution in [2.24, 2.45) is 5.73 Å². The zero-order valence-electron chi connectivity index (χ0n) is 12.7. The van der Waals surface area contributed by atoms with Gasteiger partial charge in [-0.25, -0.2) is 8.78 Å². The minimum atomic E-state index is -0.449. The van der Waals surface area contributed by atoms with E-state index in [0.29, 0.717) is 18.6 Å². The largest absolute Gasteiger partial charge is 0.494 e. The van der Waals surface area contributed by atoms with E-state index < -0.39 is 11.6 Å². The molecule has 0 aliphatic carbocycles. The van der Waals surface area contributed by atoms with Gasteiger partial charge in [0.2, 0.25) is 0 Å². The number of ether oxygens (including phenoxy) is 1. The smallest absolute Gasteiger partial charge is 0.126 e. The molecule has 0 aliphatic heterocycles. The summed E-state index contributed by atoms with van der Waals surface area (Å²) >= 11 is 0. The lowest BCUT2D eigenvalue weighted by Gasteiger charge is -2.17. The van der Waals surface area contributed by atoms with Crippen LogP contribution in [0.25, 0.3) is 0 Å². The Morgan fingerprint density at radius 2 is 1.95 bits per heavy atom. The van der Waals surface area contributed by atoms with Crippen molar-refractivity contribution >= 4 is 0 Å². The SMILES string of the molecule is CCCOc1cccc(CC(CN)c2cc(F)ccc2F)c1. The lowest BCUT2D eigenvalue weighted by Crippen LogP contribution is -2.16. The maximum absolute atomic E-state index is 13.9. The Morgan fingerprint density at radius 1 is 1.14 bits per heavy atom. The van der Waals surface area contributed by atoms with Gasteiger partial charge in [0, 0.05) is 5.92 Å². The van der Waals surface area contributed by atoms with Crippen LogP contribution in [-0.4, -0.2) is 13.2 Å². The highest BCUT2D eigenvalue weighted by Gasteiger charge is 2.16. The molecule has 1 unspecified atom stereocenters. The van der Waals surface area contributed by atoms with E-state index in [1.165, 1.54) is 6.07 Å². The molecule has 0 heterocycles. The minimum Gasteiger partial charge on any atom is -0.494 e. The standard InChI is InChI=1S/C18H21F2NO/c1-2-8-22-16-5-3-4-13(10-16)9-14(12-21)17-11-15(19)6-7-18(17)20/h3-7,10-11,14H,2,8-9,12,21H2,1H3. The molecular formula is C18H21F2NO. The molecule has 0 aromatic heterocycles. The van der Waals surface area contributed by atoms with E-state index in [0.717, 1.165) is 29.9 Å². The van der Waals surface area contributed by atoms with Gasteiger partial charge in [-0.15, -0.1) is 0 Å². The fourth-order valence-corrected chi connectivity index (χ4v) is 2.41. The molecular weight excluding hydrogens is 284 g/mol. The van der Waals surface area contributed by atoms with Crippen LogP contribution < -0.4 is 10.5 Å². The van der Waals surface area contributed by atoms with Crippen molar-refractivity contribution in [2.75, 3.05) is 13.2 Å². The molecule has 118 valence electrons. The summed E-state index contributed by atoms with van der Waals surface area (Å²) in [5.41, 5.74) is 7.08. The lowest BCUT2D eigenvalue weighted by atomic mass is 9.91. The van der Waals surface area contributed by atoms with Crippen molar-refractivity contribution in [1.82, 2.24) is 0 Å². The summed E-state index contributed by atoms with van der Waals surface area (Å²) in [6, 6.07) is 11.1. The number of halogens is 2. The van der Waals surface area contributed by atoms with Gasteiger partial charge in [-0.1, -0.05) is 19.1 Å². The number of hydrogen-bond acceptors (Lipinski definition) is 2. The Morgan fingerprint density at radius 3 is 2.68 bits per heavy atom. The van der Waals surface area contributed by atoms with Crippen molar-refractivity contribution < 1.29 is 13.5 Å². The molecule has 2 rings (SSSR count). The Balaban J connectivity index is 2.18. The topological polar surface area (TPSA) is 35.2 Å². The Kier molecular flexibility index (Phi) is 5.90. The van der Waals surface area contributed by atoms with Gasteiger partial charge in [0.15, 0.2) is 0 Å². The van der Waals surface area contributed by atoms with Gasteiger partial charge < -0.3 is 10.5 Å². The van der Waals surface area contributed by atoms with Crippen molar-refractivity contribution in [3.05, 3.63) is 65.2 Å². The monoisotopic (exact) mass is 305 g/mol. The molecule has 0 fully saturated rings. The van der Waals surface area contributed by atoms with Crippen LogP contribution in [-0.2, 0) is 6.42 Å². The average Bonchev–Trinajstić information content (AvgIpc) is 2.53. The van der Waals surface area contributed by atoms with E-state index in [2.05, 4.69) is 0 Å². The Hall–Kier alpha value is -1.94. The number of benzene rings is 2. The molecule has 0 aliphatic rings. The molecule has 0 radical (unpaired) electrons. The number of nitrogens with two attached hydrogens (primary N) is 1. The van der Waals surface area contributed by atoms with Crippen molar-refractivity contribution in [1.29, 1.82) is 0 Å². The van der Waals surface area contributed by atoms with Crippen molar-refractivity contribution in [3.63, 3.8) is 0 Å². The summed E-state index contributed by atoms with van der Waals surface area (Å²) in [4.78, 5) is 0. The second kappa shape index (κ2) is 7.90. The highest BCUT2D eigenvalue weighted by Crippen LogP contribution is 2.25. The zero-order valence-corrected chi connectivity index (χ0v) is 12.7. The minimum absolute atomic E-state index is 0.250. The molecule has 22 heavy (non-hydrogen) atoms. The molecule has 4 heteroatoms. The molecule has 2 nitrogen and oxygen atoms in total. The van der Waals surface area contributed by atoms with Gasteiger partial charge in [0.25, 0.3) is 0 Å². The summed E-state index contributed by atoms with van der Waals surface area (Å²) in [6.07, 6.45) is 1.48. The molecule has 1 atom stereocenters. The van der Waals surface area contributed by atoms with Crippen LogP contribution in [0.4, 0.5) is 8.78 Å². The van der Waals surface area contributed by atoms with E-state index in [-0.39, 0.29) is 12.5 Å². The van der Waals surface area contributed by atoms with E-state index >= 15 is 0 Å².